The summed E-state index contributed by atoms with van der Waals surface area (Å²) in [5, 5.41) is 11.5. The maximum Gasteiger partial charge on any atom is 0.254 e. The maximum absolute atomic E-state index is 14.1. The van der Waals surface area contributed by atoms with Crippen LogP contribution in [0.2, 0.25) is 0 Å². The summed E-state index contributed by atoms with van der Waals surface area (Å²) in [6.07, 6.45) is 3.61. The molecule has 0 unspecified atom stereocenters. The zero-order chi connectivity index (χ0) is 33.2. The molecular weight excluding hydrogens is 619 g/mol. The fraction of sp³-hybridized carbons (Fsp3) is 0.0769. The topological polar surface area (TPSA) is 125 Å². The average molecular weight is 647 g/mol. The first-order valence-corrected chi connectivity index (χ1v) is 15.8. The van der Waals surface area contributed by atoms with Gasteiger partial charge in [-0.15, -0.1) is 0 Å². The summed E-state index contributed by atoms with van der Waals surface area (Å²) >= 11 is 0. The number of nitrogens with zero attached hydrogens (tertiary/aromatic N) is 2. The number of hydrogen-bond acceptors (Lipinski definition) is 5. The highest BCUT2D eigenvalue weighted by atomic mass is 19.1. The third-order valence-electron chi connectivity index (χ3n) is 9.34. The van der Waals surface area contributed by atoms with E-state index in [9.17, 15) is 14.0 Å². The van der Waals surface area contributed by atoms with Crippen molar-refractivity contribution < 1.29 is 18.7 Å². The van der Waals surface area contributed by atoms with Gasteiger partial charge >= 0.3 is 0 Å². The molecule has 8 aromatic rings. The van der Waals surface area contributed by atoms with Crippen LogP contribution >= 0.6 is 0 Å². The maximum atomic E-state index is 14.1. The Balaban J connectivity index is 0.000000133. The van der Waals surface area contributed by atoms with Crippen LogP contribution in [0.1, 0.15) is 32.1 Å². The van der Waals surface area contributed by atoms with E-state index in [-0.39, 0.29) is 17.6 Å². The number of H-pyrrole nitrogens is 2. The van der Waals surface area contributed by atoms with Crippen LogP contribution in [0.25, 0.3) is 65.9 Å². The number of hydrogen-bond donors (Lipinski definition) is 4. The van der Waals surface area contributed by atoms with E-state index in [1.807, 2.05) is 60.8 Å². The lowest BCUT2D eigenvalue weighted by atomic mass is 10.0. The third kappa shape index (κ3) is 4.60. The molecule has 4 aromatic heterocycles. The van der Waals surface area contributed by atoms with Gasteiger partial charge in [0.1, 0.15) is 11.6 Å². The molecule has 6 heterocycles. The van der Waals surface area contributed by atoms with Crippen LogP contribution in [0, 0.1) is 5.82 Å². The Morgan fingerprint density at radius 1 is 0.653 bits per heavy atom. The normalized spacial score (nSPS) is 13.3. The van der Waals surface area contributed by atoms with E-state index in [2.05, 4.69) is 36.6 Å². The highest BCUT2D eigenvalue weighted by Crippen LogP contribution is 2.35. The molecule has 4 N–H and O–H groups in total. The summed E-state index contributed by atoms with van der Waals surface area (Å²) in [5.74, 6) is 0.452. The number of carbonyl (C=O) groups is 2. The van der Waals surface area contributed by atoms with Crippen LogP contribution in [0.3, 0.4) is 0 Å². The predicted molar refractivity (Wildman–Crippen MR) is 187 cm³/mol. The molecule has 0 fully saturated rings. The van der Waals surface area contributed by atoms with Crippen LogP contribution in [0.15, 0.2) is 97.3 Å². The number of pyridine rings is 2. The van der Waals surface area contributed by atoms with Crippen molar-refractivity contribution in [3.05, 3.63) is 126 Å². The van der Waals surface area contributed by atoms with Gasteiger partial charge in [-0.05, 0) is 48.5 Å². The van der Waals surface area contributed by atoms with E-state index in [1.165, 1.54) is 6.07 Å². The first-order valence-electron chi connectivity index (χ1n) is 15.8. The van der Waals surface area contributed by atoms with Gasteiger partial charge in [-0.25, -0.2) is 4.39 Å². The van der Waals surface area contributed by atoms with Gasteiger partial charge < -0.3 is 25.3 Å². The van der Waals surface area contributed by atoms with Crippen LogP contribution in [-0.4, -0.2) is 38.9 Å². The van der Waals surface area contributed by atoms with Gasteiger partial charge in [0.05, 0.1) is 53.7 Å². The number of methoxy groups -OCH3 is 1. The Bertz CT molecular complexity index is 2660. The lowest BCUT2D eigenvalue weighted by molar-refractivity contribution is 0.0959. The molecule has 2 amide bonds. The van der Waals surface area contributed by atoms with E-state index in [4.69, 9.17) is 4.74 Å². The quantitative estimate of drug-likeness (QED) is 0.159. The number of nitrogens with one attached hydrogen (secondary N) is 4. The van der Waals surface area contributed by atoms with Crippen molar-refractivity contribution in [3.63, 3.8) is 0 Å². The molecule has 0 spiro atoms. The van der Waals surface area contributed by atoms with Gasteiger partial charge in [0.15, 0.2) is 0 Å². The highest BCUT2D eigenvalue weighted by molar-refractivity contribution is 6.18. The number of fused-ring (bicyclic) bond motifs is 10. The molecule has 0 radical (unpaired) electrons. The fourth-order valence-electron chi connectivity index (χ4n) is 6.91. The Labute approximate surface area is 278 Å². The molecule has 2 aliphatic heterocycles. The number of amides is 2. The molecule has 10 rings (SSSR count). The minimum Gasteiger partial charge on any atom is -0.497 e. The van der Waals surface area contributed by atoms with Gasteiger partial charge in [-0.3, -0.25) is 19.6 Å². The first-order chi connectivity index (χ1) is 24.0. The minimum atomic E-state index is -0.301. The van der Waals surface area contributed by atoms with Crippen LogP contribution in [0.5, 0.6) is 5.75 Å². The van der Waals surface area contributed by atoms with Crippen molar-refractivity contribution >= 4 is 55.2 Å². The van der Waals surface area contributed by atoms with Gasteiger partial charge in [-0.1, -0.05) is 36.4 Å². The molecule has 0 bridgehead atoms. The highest BCUT2D eigenvalue weighted by Gasteiger charge is 2.26. The number of halogens is 1. The molecule has 0 atom stereocenters. The number of ether oxygens (including phenoxy) is 1. The molecule has 0 aliphatic carbocycles. The zero-order valence-electron chi connectivity index (χ0n) is 26.1. The molecule has 0 saturated carbocycles. The number of benzene rings is 4. The second-order valence-corrected chi connectivity index (χ2v) is 12.1. The van der Waals surface area contributed by atoms with Gasteiger partial charge in [0.25, 0.3) is 11.8 Å². The second kappa shape index (κ2) is 11.0. The molecule has 9 nitrogen and oxygen atoms in total. The Morgan fingerprint density at radius 2 is 1.20 bits per heavy atom. The van der Waals surface area contributed by atoms with E-state index < -0.39 is 0 Å². The predicted octanol–water partition coefficient (Wildman–Crippen LogP) is 7.40. The Kier molecular flexibility index (Phi) is 6.44. The minimum absolute atomic E-state index is 0.00923. The molecule has 238 valence electrons. The second-order valence-electron chi connectivity index (χ2n) is 12.1. The number of aromatic amines is 2. The van der Waals surface area contributed by atoms with Crippen LogP contribution in [0.4, 0.5) is 4.39 Å². The van der Waals surface area contributed by atoms with Crippen molar-refractivity contribution in [2.24, 2.45) is 0 Å². The molecule has 49 heavy (non-hydrogen) atoms. The van der Waals surface area contributed by atoms with E-state index in [0.29, 0.717) is 29.9 Å². The number of aromatic nitrogens is 4. The van der Waals surface area contributed by atoms with Crippen molar-refractivity contribution in [1.29, 1.82) is 0 Å². The van der Waals surface area contributed by atoms with Crippen LogP contribution in [-0.2, 0) is 13.1 Å². The van der Waals surface area contributed by atoms with Crippen molar-refractivity contribution in [1.82, 2.24) is 30.6 Å². The molecular formula is C39H27FN6O3. The number of carbonyl (C=O) groups excluding carboxylic acids is 2. The van der Waals surface area contributed by atoms with Crippen molar-refractivity contribution in [3.8, 4) is 28.3 Å². The average Bonchev–Trinajstić information content (AvgIpc) is 3.90. The van der Waals surface area contributed by atoms with Gasteiger partial charge in [0.2, 0.25) is 0 Å². The van der Waals surface area contributed by atoms with Crippen molar-refractivity contribution in [2.45, 2.75) is 13.1 Å². The van der Waals surface area contributed by atoms with Gasteiger partial charge in [0, 0.05) is 67.2 Å². The molecule has 0 saturated heterocycles. The van der Waals surface area contributed by atoms with Gasteiger partial charge in [-0.2, -0.15) is 0 Å². The zero-order valence-corrected chi connectivity index (χ0v) is 26.1. The Morgan fingerprint density at radius 3 is 1.78 bits per heavy atom. The van der Waals surface area contributed by atoms with Crippen molar-refractivity contribution in [2.75, 3.05) is 7.11 Å². The van der Waals surface area contributed by atoms with E-state index in [1.54, 1.807) is 31.5 Å². The van der Waals surface area contributed by atoms with E-state index in [0.717, 1.165) is 77.3 Å². The lowest BCUT2D eigenvalue weighted by Crippen LogP contribution is -2.13. The third-order valence-corrected chi connectivity index (χ3v) is 9.34. The molecule has 2 aliphatic rings. The molecule has 10 heteroatoms. The summed E-state index contributed by atoms with van der Waals surface area (Å²) < 4.78 is 19.3. The smallest absolute Gasteiger partial charge is 0.254 e. The largest absolute Gasteiger partial charge is 0.497 e. The standard InChI is InChI=1S/C20H15N3O2.C19H12FN3O/c1-25-13-5-2-11(3-6-13)16-8-15-12(9-21-16)4-7-14-18-17(23-19(14)15)10-22-20(18)24;20-14-4-2-1-3-11(14)15-7-13-10(8-21-15)5-6-12-17-16(23-18(12)13)9-22-19(17)24/h2-9,23H,10H2,1H3,(H,22,24);1-8,23H,9H2,(H,22,24). The summed E-state index contributed by atoms with van der Waals surface area (Å²) in [6.45, 7) is 1.07. The SMILES string of the molecule is COc1ccc(-c2cc3c(ccc4c5c([nH]c43)CNC5=O)cn2)cc1.O=C1NCc2[nH]c3c(ccc4cnc(-c5ccccc5F)cc43)c21. The first kappa shape index (κ1) is 28.7. The summed E-state index contributed by atoms with van der Waals surface area (Å²) in [4.78, 5) is 39.8. The lowest BCUT2D eigenvalue weighted by Gasteiger charge is -2.06. The summed E-state index contributed by atoms with van der Waals surface area (Å²) in [6, 6.07) is 26.3. The fourth-order valence-corrected chi connectivity index (χ4v) is 6.91. The number of rotatable bonds is 3. The molecule has 4 aromatic carbocycles. The van der Waals surface area contributed by atoms with E-state index >= 15 is 0 Å². The Hall–Kier alpha value is -6.55. The monoisotopic (exact) mass is 646 g/mol. The summed E-state index contributed by atoms with van der Waals surface area (Å²) in [5.41, 5.74) is 8.17. The van der Waals surface area contributed by atoms with Crippen LogP contribution < -0.4 is 15.4 Å². The summed E-state index contributed by atoms with van der Waals surface area (Å²) in [7, 11) is 1.65.